The maximum absolute atomic E-state index is 13.0. The molecule has 0 amide bonds. The summed E-state index contributed by atoms with van der Waals surface area (Å²) in [6.45, 7) is 3.79. The second kappa shape index (κ2) is 23.4. The van der Waals surface area contributed by atoms with Gasteiger partial charge in [0.1, 0.15) is 37.1 Å². The molecule has 0 saturated carbocycles. The third-order valence-corrected chi connectivity index (χ3v) is 8.94. The van der Waals surface area contributed by atoms with Gasteiger partial charge in [-0.25, -0.2) is 4.79 Å². The molecule has 0 aromatic heterocycles. The molecule has 5 heteroatoms. The van der Waals surface area contributed by atoms with E-state index in [1.807, 2.05) is 60.7 Å². The van der Waals surface area contributed by atoms with E-state index in [2.05, 4.69) is 25.1 Å². The lowest BCUT2D eigenvalue weighted by Crippen LogP contribution is -2.11. The van der Waals surface area contributed by atoms with Crippen molar-refractivity contribution in [3.8, 4) is 17.2 Å². The van der Waals surface area contributed by atoms with Gasteiger partial charge in [-0.15, -0.1) is 0 Å². The van der Waals surface area contributed by atoms with Gasteiger partial charge >= 0.3 is 5.97 Å². The number of ether oxygens (including phenoxy) is 4. The minimum absolute atomic E-state index is 0.208. The van der Waals surface area contributed by atoms with Gasteiger partial charge < -0.3 is 18.9 Å². The molecule has 4 rings (SSSR count). The molecule has 4 aromatic carbocycles. The molecule has 0 N–H and O–H groups in total. The molecule has 0 fully saturated rings. The first-order valence-corrected chi connectivity index (χ1v) is 18.9. The highest BCUT2D eigenvalue weighted by molar-refractivity contribution is 5.90. The fourth-order valence-electron chi connectivity index (χ4n) is 6.08. The number of benzene rings is 4. The van der Waals surface area contributed by atoms with Crippen LogP contribution in [0.1, 0.15) is 126 Å². The van der Waals surface area contributed by atoms with E-state index in [-0.39, 0.29) is 6.61 Å². The van der Waals surface area contributed by atoms with Crippen LogP contribution in [0, 0.1) is 0 Å². The highest BCUT2D eigenvalue weighted by atomic mass is 16.5. The molecule has 0 heterocycles. The van der Waals surface area contributed by atoms with Gasteiger partial charge in [0, 0.05) is 6.07 Å². The largest absolute Gasteiger partial charge is 0.493 e. The first-order chi connectivity index (χ1) is 24.2. The summed E-state index contributed by atoms with van der Waals surface area (Å²) < 4.78 is 23.7. The number of hydrogen-bond donors (Lipinski definition) is 0. The van der Waals surface area contributed by atoms with E-state index < -0.39 is 5.97 Å². The smallest absolute Gasteiger partial charge is 0.338 e. The van der Waals surface area contributed by atoms with Crippen molar-refractivity contribution in [3.63, 3.8) is 0 Å². The first kappa shape index (κ1) is 37.8. The molecule has 0 atom stereocenters. The van der Waals surface area contributed by atoms with E-state index in [4.69, 9.17) is 18.9 Å². The molecule has 4 aromatic rings. The number of rotatable bonds is 26. The third kappa shape index (κ3) is 15.4. The number of fused-ring (bicyclic) bond motifs is 1. The van der Waals surface area contributed by atoms with Gasteiger partial charge in [-0.1, -0.05) is 164 Å². The summed E-state index contributed by atoms with van der Waals surface area (Å²) >= 11 is 0. The molecule has 0 spiro atoms. The van der Waals surface area contributed by atoms with Crippen LogP contribution < -0.4 is 14.2 Å². The lowest BCUT2D eigenvalue weighted by atomic mass is 10.0. The zero-order valence-electron chi connectivity index (χ0n) is 29.8. The topological polar surface area (TPSA) is 54.0 Å². The molecule has 0 aliphatic carbocycles. The Labute approximate surface area is 295 Å². The highest BCUT2D eigenvalue weighted by Gasteiger charge is 2.13. The predicted octanol–water partition coefficient (Wildman–Crippen LogP) is 12.3. The quantitative estimate of drug-likeness (QED) is 0.0493. The predicted molar refractivity (Wildman–Crippen MR) is 202 cm³/mol. The summed E-state index contributed by atoms with van der Waals surface area (Å²) in [7, 11) is 0. The van der Waals surface area contributed by atoms with E-state index in [0.29, 0.717) is 36.9 Å². The molecular weight excluding hydrogens is 608 g/mol. The van der Waals surface area contributed by atoms with Crippen LogP contribution in [-0.4, -0.2) is 25.8 Å². The van der Waals surface area contributed by atoms with Crippen molar-refractivity contribution in [2.75, 3.05) is 19.8 Å². The SMILES string of the molecule is CCCCCCCCCCCCCCCCCCOc1cc(OCCOc2ccc3ccccc3c2)cc(C(=O)OCc2ccccc2)c1. The second-order valence-electron chi connectivity index (χ2n) is 13.1. The van der Waals surface area contributed by atoms with Crippen molar-refractivity contribution in [1.29, 1.82) is 0 Å². The van der Waals surface area contributed by atoms with Crippen molar-refractivity contribution >= 4 is 16.7 Å². The third-order valence-electron chi connectivity index (χ3n) is 8.94. The number of carbonyl (C=O) groups excluding carboxylic acids is 1. The van der Waals surface area contributed by atoms with Crippen LogP contribution in [-0.2, 0) is 11.3 Å². The maximum atomic E-state index is 13.0. The first-order valence-electron chi connectivity index (χ1n) is 18.9. The Morgan fingerprint density at radius 2 is 0.980 bits per heavy atom. The second-order valence-corrected chi connectivity index (χ2v) is 13.1. The molecule has 0 bridgehead atoms. The van der Waals surface area contributed by atoms with Gasteiger partial charge in [0.25, 0.3) is 0 Å². The standard InChI is InChI=1S/C44H58O5/c1-2-3-4-5-6-7-8-9-10-11-12-13-14-15-16-22-29-46-42-33-40(44(45)49-36-37-23-18-17-19-24-37)34-43(35-42)48-31-30-47-41-28-27-38-25-20-21-26-39(38)32-41/h17-21,23-28,32-35H,2-16,22,29-31,36H2,1H3. The fraction of sp³-hybridized carbons (Fsp3) is 0.477. The van der Waals surface area contributed by atoms with Crippen molar-refractivity contribution in [2.45, 2.75) is 116 Å². The van der Waals surface area contributed by atoms with Gasteiger partial charge in [-0.05, 0) is 47.0 Å². The lowest BCUT2D eigenvalue weighted by Gasteiger charge is -2.13. The van der Waals surface area contributed by atoms with E-state index >= 15 is 0 Å². The Bertz CT molecular complexity index is 1470. The van der Waals surface area contributed by atoms with Crippen LogP contribution >= 0.6 is 0 Å². The van der Waals surface area contributed by atoms with E-state index in [0.717, 1.165) is 29.5 Å². The van der Waals surface area contributed by atoms with E-state index in [1.165, 1.54) is 95.3 Å². The minimum atomic E-state index is -0.408. The molecule has 0 aliphatic heterocycles. The zero-order chi connectivity index (χ0) is 34.2. The maximum Gasteiger partial charge on any atom is 0.338 e. The molecule has 0 aliphatic rings. The normalized spacial score (nSPS) is 11.0. The Hall–Kier alpha value is -3.99. The monoisotopic (exact) mass is 666 g/mol. The van der Waals surface area contributed by atoms with Gasteiger partial charge in [-0.3, -0.25) is 0 Å². The lowest BCUT2D eigenvalue weighted by molar-refractivity contribution is 0.0471. The minimum Gasteiger partial charge on any atom is -0.493 e. The van der Waals surface area contributed by atoms with Crippen LogP contribution in [0.25, 0.3) is 10.8 Å². The van der Waals surface area contributed by atoms with Crippen molar-refractivity contribution in [3.05, 3.63) is 102 Å². The van der Waals surface area contributed by atoms with Crippen LogP contribution in [0.15, 0.2) is 91.0 Å². The molecule has 49 heavy (non-hydrogen) atoms. The van der Waals surface area contributed by atoms with Crippen molar-refractivity contribution in [1.82, 2.24) is 0 Å². The Morgan fingerprint density at radius 1 is 0.469 bits per heavy atom. The van der Waals surface area contributed by atoms with Gasteiger partial charge in [0.05, 0.1) is 12.2 Å². The molecule has 0 unspecified atom stereocenters. The Kier molecular flexibility index (Phi) is 18.0. The number of hydrogen-bond acceptors (Lipinski definition) is 5. The average molecular weight is 667 g/mol. The average Bonchev–Trinajstić information content (AvgIpc) is 3.14. The molecule has 264 valence electrons. The number of carbonyl (C=O) groups is 1. The van der Waals surface area contributed by atoms with Gasteiger partial charge in [0.2, 0.25) is 0 Å². The summed E-state index contributed by atoms with van der Waals surface area (Å²) in [5, 5.41) is 2.31. The summed E-state index contributed by atoms with van der Waals surface area (Å²) in [5.41, 5.74) is 1.35. The molecule has 0 saturated heterocycles. The van der Waals surface area contributed by atoms with Crippen LogP contribution in [0.5, 0.6) is 17.2 Å². The van der Waals surface area contributed by atoms with Gasteiger partial charge in [-0.2, -0.15) is 0 Å². The van der Waals surface area contributed by atoms with E-state index in [9.17, 15) is 4.79 Å². The Morgan fingerprint density at radius 3 is 1.59 bits per heavy atom. The van der Waals surface area contributed by atoms with Crippen molar-refractivity contribution in [2.24, 2.45) is 0 Å². The summed E-state index contributed by atoms with van der Waals surface area (Å²) in [5.74, 6) is 1.55. The number of esters is 1. The molecular formula is C44H58O5. The highest BCUT2D eigenvalue weighted by Crippen LogP contribution is 2.25. The van der Waals surface area contributed by atoms with Crippen LogP contribution in [0.3, 0.4) is 0 Å². The molecule has 0 radical (unpaired) electrons. The summed E-state index contributed by atoms with van der Waals surface area (Å²) in [6.07, 6.45) is 21.4. The number of unbranched alkanes of at least 4 members (excludes halogenated alkanes) is 15. The van der Waals surface area contributed by atoms with Crippen molar-refractivity contribution < 1.29 is 23.7 Å². The summed E-state index contributed by atoms with van der Waals surface area (Å²) in [6, 6.07) is 29.3. The molecule has 5 nitrogen and oxygen atoms in total. The fourth-order valence-corrected chi connectivity index (χ4v) is 6.08. The Balaban J connectivity index is 1.15. The van der Waals surface area contributed by atoms with Gasteiger partial charge in [0.15, 0.2) is 0 Å². The zero-order valence-corrected chi connectivity index (χ0v) is 29.8. The summed E-state index contributed by atoms with van der Waals surface area (Å²) in [4.78, 5) is 13.0. The van der Waals surface area contributed by atoms with E-state index in [1.54, 1.807) is 12.1 Å². The van der Waals surface area contributed by atoms with Crippen LogP contribution in [0.2, 0.25) is 0 Å². The van der Waals surface area contributed by atoms with Crippen LogP contribution in [0.4, 0.5) is 0 Å².